The van der Waals surface area contributed by atoms with Crippen molar-refractivity contribution in [1.29, 1.82) is 0 Å². The van der Waals surface area contributed by atoms with E-state index < -0.39 is 0 Å². The molecule has 0 spiro atoms. The summed E-state index contributed by atoms with van der Waals surface area (Å²) in [6.07, 6.45) is 0.194. The predicted molar refractivity (Wildman–Crippen MR) is 120 cm³/mol. The first-order valence-corrected chi connectivity index (χ1v) is 10.3. The molecular formula is C22H22Cl3N3O. The molecule has 4 nitrogen and oxygen atoms in total. The van der Waals surface area contributed by atoms with Crippen molar-refractivity contribution >= 4 is 40.7 Å². The van der Waals surface area contributed by atoms with Gasteiger partial charge in [-0.15, -0.1) is 0 Å². The zero-order valence-corrected chi connectivity index (χ0v) is 18.7. The van der Waals surface area contributed by atoms with E-state index in [-0.39, 0.29) is 17.9 Å². The number of rotatable bonds is 5. The molecule has 0 saturated carbocycles. The lowest BCUT2D eigenvalue weighted by Gasteiger charge is -2.20. The van der Waals surface area contributed by atoms with Crippen molar-refractivity contribution in [2.75, 3.05) is 0 Å². The van der Waals surface area contributed by atoms with Crippen LogP contribution in [0.1, 0.15) is 32.0 Å². The molecular weight excluding hydrogens is 429 g/mol. The topological polar surface area (TPSA) is 46.9 Å². The van der Waals surface area contributed by atoms with E-state index in [1.54, 1.807) is 12.1 Å². The van der Waals surface area contributed by atoms with Gasteiger partial charge in [-0.3, -0.25) is 9.48 Å². The third-order valence-corrected chi connectivity index (χ3v) is 5.14. The molecule has 0 aliphatic rings. The van der Waals surface area contributed by atoms with E-state index >= 15 is 0 Å². The smallest absolute Gasteiger partial charge is 0.226 e. The van der Waals surface area contributed by atoms with Crippen LogP contribution in [0.3, 0.4) is 0 Å². The molecule has 0 bridgehead atoms. The molecule has 3 rings (SSSR count). The van der Waals surface area contributed by atoms with Gasteiger partial charge in [0.25, 0.3) is 0 Å². The minimum atomic E-state index is -0.296. The molecule has 0 unspecified atom stereocenters. The Morgan fingerprint density at radius 3 is 2.31 bits per heavy atom. The van der Waals surface area contributed by atoms with Gasteiger partial charge < -0.3 is 5.32 Å². The van der Waals surface area contributed by atoms with Crippen LogP contribution < -0.4 is 5.32 Å². The van der Waals surface area contributed by atoms with Crippen LogP contribution in [0.4, 0.5) is 0 Å². The summed E-state index contributed by atoms with van der Waals surface area (Å²) in [7, 11) is 0. The fourth-order valence-electron chi connectivity index (χ4n) is 2.95. The van der Waals surface area contributed by atoms with Gasteiger partial charge in [-0.2, -0.15) is 5.10 Å². The van der Waals surface area contributed by atoms with Gasteiger partial charge in [0.05, 0.1) is 34.4 Å². The van der Waals surface area contributed by atoms with Crippen LogP contribution >= 0.6 is 34.8 Å². The Balaban J connectivity index is 1.95. The van der Waals surface area contributed by atoms with E-state index in [4.69, 9.17) is 34.8 Å². The first-order chi connectivity index (χ1) is 13.6. The number of benzene rings is 2. The third-order valence-electron chi connectivity index (χ3n) is 4.15. The van der Waals surface area contributed by atoms with E-state index in [2.05, 4.69) is 10.4 Å². The minimum absolute atomic E-state index is 0.0747. The number of aromatic nitrogens is 2. The van der Waals surface area contributed by atoms with Crippen molar-refractivity contribution in [2.45, 2.75) is 39.3 Å². The maximum atomic E-state index is 12.4. The van der Waals surface area contributed by atoms with Crippen molar-refractivity contribution in [2.24, 2.45) is 0 Å². The van der Waals surface area contributed by atoms with Crippen LogP contribution in [0.5, 0.6) is 0 Å². The number of hydrogen-bond donors (Lipinski definition) is 1. The summed E-state index contributed by atoms with van der Waals surface area (Å²) in [6, 6.07) is 15.0. The number of nitrogens with zero attached hydrogens (tertiary/aromatic N) is 2. The number of hydrogen-bond acceptors (Lipinski definition) is 2. The van der Waals surface area contributed by atoms with Gasteiger partial charge in [-0.1, -0.05) is 53.0 Å². The van der Waals surface area contributed by atoms with Crippen LogP contribution in [0.2, 0.25) is 15.1 Å². The molecule has 29 heavy (non-hydrogen) atoms. The van der Waals surface area contributed by atoms with E-state index in [0.29, 0.717) is 27.3 Å². The SMILES string of the molecule is CC(C)(C)NC(=O)Cc1cc(-c2ccc(Cl)c(Cl)c2)n(Cc2ccc(Cl)cc2)n1. The van der Waals surface area contributed by atoms with Crippen molar-refractivity contribution < 1.29 is 4.79 Å². The van der Waals surface area contributed by atoms with Crippen LogP contribution in [0.15, 0.2) is 48.5 Å². The molecule has 2 aromatic carbocycles. The largest absolute Gasteiger partial charge is 0.351 e. The van der Waals surface area contributed by atoms with Gasteiger partial charge in [-0.05, 0) is 56.7 Å². The van der Waals surface area contributed by atoms with Crippen molar-refractivity contribution in [3.63, 3.8) is 0 Å². The molecule has 1 amide bonds. The Morgan fingerprint density at radius 2 is 1.69 bits per heavy atom. The quantitative estimate of drug-likeness (QED) is 0.517. The van der Waals surface area contributed by atoms with Crippen molar-refractivity contribution in [3.8, 4) is 11.3 Å². The Labute approximate surface area is 185 Å². The average molecular weight is 451 g/mol. The number of nitrogens with one attached hydrogen (secondary N) is 1. The Morgan fingerprint density at radius 1 is 1.00 bits per heavy atom. The highest BCUT2D eigenvalue weighted by atomic mass is 35.5. The second-order valence-electron chi connectivity index (χ2n) is 7.91. The Kier molecular flexibility index (Phi) is 6.57. The van der Waals surface area contributed by atoms with Gasteiger partial charge in [0.2, 0.25) is 5.91 Å². The molecule has 3 aromatic rings. The standard InChI is InChI=1S/C22H22Cl3N3O/c1-22(2,3)26-21(29)12-17-11-20(15-6-9-18(24)19(25)10-15)28(27-17)13-14-4-7-16(23)8-5-14/h4-11H,12-13H2,1-3H3,(H,26,29). The number of carbonyl (C=O) groups excluding carboxylic acids is 1. The highest BCUT2D eigenvalue weighted by Gasteiger charge is 2.18. The van der Waals surface area contributed by atoms with Crippen molar-refractivity contribution in [1.82, 2.24) is 15.1 Å². The normalized spacial score (nSPS) is 11.5. The van der Waals surface area contributed by atoms with Crippen LogP contribution in [0, 0.1) is 0 Å². The maximum absolute atomic E-state index is 12.4. The molecule has 0 saturated heterocycles. The minimum Gasteiger partial charge on any atom is -0.351 e. The summed E-state index contributed by atoms with van der Waals surface area (Å²) in [5.41, 5.74) is 3.17. The first-order valence-electron chi connectivity index (χ1n) is 9.18. The number of halogens is 3. The van der Waals surface area contributed by atoms with E-state index in [1.807, 2.05) is 61.9 Å². The summed E-state index contributed by atoms with van der Waals surface area (Å²) in [5, 5.41) is 9.28. The summed E-state index contributed by atoms with van der Waals surface area (Å²) < 4.78 is 1.86. The molecule has 0 aliphatic heterocycles. The van der Waals surface area contributed by atoms with Crippen LogP contribution in [-0.4, -0.2) is 21.2 Å². The maximum Gasteiger partial charge on any atom is 0.226 e. The lowest BCUT2D eigenvalue weighted by molar-refractivity contribution is -0.121. The van der Waals surface area contributed by atoms with Crippen LogP contribution in [-0.2, 0) is 17.8 Å². The Hall–Kier alpha value is -2.01. The first kappa shape index (κ1) is 21.7. The summed E-state index contributed by atoms with van der Waals surface area (Å²) >= 11 is 18.3. The summed E-state index contributed by atoms with van der Waals surface area (Å²) in [5.74, 6) is -0.0747. The third kappa shape index (κ3) is 5.99. The fraction of sp³-hybridized carbons (Fsp3) is 0.273. The molecule has 152 valence electrons. The van der Waals surface area contributed by atoms with E-state index in [9.17, 15) is 4.79 Å². The van der Waals surface area contributed by atoms with Crippen molar-refractivity contribution in [3.05, 3.63) is 74.9 Å². The molecule has 0 radical (unpaired) electrons. The Bertz CT molecular complexity index is 1020. The predicted octanol–water partition coefficient (Wildman–Crippen LogP) is 6.02. The van der Waals surface area contributed by atoms with Gasteiger partial charge >= 0.3 is 0 Å². The van der Waals surface area contributed by atoms with Crippen LogP contribution in [0.25, 0.3) is 11.3 Å². The molecule has 7 heteroatoms. The molecule has 1 heterocycles. The van der Waals surface area contributed by atoms with E-state index in [1.165, 1.54) is 0 Å². The monoisotopic (exact) mass is 449 g/mol. The highest BCUT2D eigenvalue weighted by molar-refractivity contribution is 6.42. The lowest BCUT2D eigenvalue weighted by atomic mass is 10.1. The number of amides is 1. The summed E-state index contributed by atoms with van der Waals surface area (Å²) in [4.78, 5) is 12.4. The van der Waals surface area contributed by atoms with Gasteiger partial charge in [0.15, 0.2) is 0 Å². The highest BCUT2D eigenvalue weighted by Crippen LogP contribution is 2.29. The molecule has 1 aromatic heterocycles. The molecule has 0 fully saturated rings. The average Bonchev–Trinajstić information content (AvgIpc) is 2.99. The molecule has 1 N–H and O–H groups in total. The zero-order valence-electron chi connectivity index (χ0n) is 16.5. The van der Waals surface area contributed by atoms with E-state index in [0.717, 1.165) is 16.8 Å². The zero-order chi connectivity index (χ0) is 21.2. The van der Waals surface area contributed by atoms with Gasteiger partial charge in [0, 0.05) is 16.1 Å². The second-order valence-corrected chi connectivity index (χ2v) is 9.16. The summed E-state index contributed by atoms with van der Waals surface area (Å²) in [6.45, 7) is 6.38. The molecule has 0 aliphatic carbocycles. The number of carbonyl (C=O) groups is 1. The fourth-order valence-corrected chi connectivity index (χ4v) is 3.38. The second kappa shape index (κ2) is 8.78. The van der Waals surface area contributed by atoms with Gasteiger partial charge in [0.1, 0.15) is 0 Å². The van der Waals surface area contributed by atoms with Gasteiger partial charge in [-0.25, -0.2) is 0 Å². The lowest BCUT2D eigenvalue weighted by Crippen LogP contribution is -2.41. The molecule has 0 atom stereocenters.